The van der Waals surface area contributed by atoms with Gasteiger partial charge < -0.3 is 15.7 Å². The van der Waals surface area contributed by atoms with Gasteiger partial charge in [-0.2, -0.15) is 0 Å². The third-order valence-corrected chi connectivity index (χ3v) is 2.94. The van der Waals surface area contributed by atoms with Crippen LogP contribution in [0.3, 0.4) is 0 Å². The highest BCUT2D eigenvalue weighted by Crippen LogP contribution is 2.17. The first-order valence-corrected chi connectivity index (χ1v) is 6.11. The van der Waals surface area contributed by atoms with Gasteiger partial charge in [-0.3, -0.25) is 9.59 Å². The van der Waals surface area contributed by atoms with E-state index < -0.39 is 11.9 Å². The second-order valence-corrected chi connectivity index (χ2v) is 4.49. The number of hydrogen-bond acceptors (Lipinski definition) is 4. The maximum absolute atomic E-state index is 12.1. The van der Waals surface area contributed by atoms with Gasteiger partial charge in [0, 0.05) is 19.2 Å². The minimum atomic E-state index is -1.05. The van der Waals surface area contributed by atoms with Crippen LogP contribution >= 0.6 is 0 Å². The zero-order chi connectivity index (χ0) is 13.5. The summed E-state index contributed by atoms with van der Waals surface area (Å²) in [6.07, 6.45) is 7.07. The number of aliphatic carboxylic acids is 1. The van der Waals surface area contributed by atoms with E-state index in [4.69, 9.17) is 10.8 Å². The summed E-state index contributed by atoms with van der Waals surface area (Å²) in [5, 5.41) is 9.13. The summed E-state index contributed by atoms with van der Waals surface area (Å²) < 4.78 is 0. The van der Waals surface area contributed by atoms with Crippen LogP contribution < -0.4 is 5.73 Å². The maximum atomic E-state index is 12.1. The van der Waals surface area contributed by atoms with E-state index >= 15 is 0 Å². The number of nitrogens with zero attached hydrogens (tertiary/aromatic N) is 1. The number of unbranched alkanes of at least 4 members (excludes halogenated alkanes) is 1. The van der Waals surface area contributed by atoms with Crippen LogP contribution in [0.5, 0.6) is 0 Å². The molecule has 0 radical (unpaired) electrons. The molecule has 3 N–H and O–H groups in total. The molecule has 1 aliphatic rings. The SMILES string of the molecule is CN1C=CC=C(C(=O)C(CCCCN)C(=O)O)C1. The molecule has 1 heterocycles. The van der Waals surface area contributed by atoms with E-state index in [9.17, 15) is 9.59 Å². The number of Topliss-reactive ketones (excluding diaryl/α,β-unsaturated/α-hetero) is 1. The molecule has 100 valence electrons. The lowest BCUT2D eigenvalue weighted by molar-refractivity contribution is -0.145. The zero-order valence-corrected chi connectivity index (χ0v) is 10.6. The fourth-order valence-corrected chi connectivity index (χ4v) is 1.92. The topological polar surface area (TPSA) is 83.6 Å². The summed E-state index contributed by atoms with van der Waals surface area (Å²) in [5.74, 6) is -2.27. The average molecular weight is 252 g/mol. The number of ketones is 1. The normalized spacial score (nSPS) is 16.3. The van der Waals surface area contributed by atoms with Gasteiger partial charge in [0.2, 0.25) is 0 Å². The summed E-state index contributed by atoms with van der Waals surface area (Å²) in [7, 11) is 1.85. The zero-order valence-electron chi connectivity index (χ0n) is 10.6. The van der Waals surface area contributed by atoms with Gasteiger partial charge in [0.1, 0.15) is 5.92 Å². The lowest BCUT2D eigenvalue weighted by atomic mass is 9.91. The smallest absolute Gasteiger partial charge is 0.314 e. The first-order chi connectivity index (χ1) is 8.56. The first kappa shape index (κ1) is 14.4. The van der Waals surface area contributed by atoms with Gasteiger partial charge >= 0.3 is 5.97 Å². The highest BCUT2D eigenvalue weighted by Gasteiger charge is 2.28. The minimum Gasteiger partial charge on any atom is -0.481 e. The second-order valence-electron chi connectivity index (χ2n) is 4.49. The molecule has 0 spiro atoms. The summed E-state index contributed by atoms with van der Waals surface area (Å²) in [5.41, 5.74) is 5.92. The highest BCUT2D eigenvalue weighted by atomic mass is 16.4. The Morgan fingerprint density at radius 3 is 2.78 bits per heavy atom. The summed E-state index contributed by atoms with van der Waals surface area (Å²) in [4.78, 5) is 25.1. The van der Waals surface area contributed by atoms with Crippen molar-refractivity contribution in [2.75, 3.05) is 20.1 Å². The Kier molecular flexibility index (Phi) is 5.58. The number of nitrogens with two attached hydrogens (primary N) is 1. The van der Waals surface area contributed by atoms with Crippen LogP contribution in [-0.4, -0.2) is 41.9 Å². The Morgan fingerprint density at radius 1 is 1.50 bits per heavy atom. The molecule has 0 saturated carbocycles. The Hall–Kier alpha value is -1.62. The van der Waals surface area contributed by atoms with Crippen molar-refractivity contribution in [1.82, 2.24) is 4.90 Å². The van der Waals surface area contributed by atoms with E-state index in [1.54, 1.807) is 12.2 Å². The molecule has 0 amide bonds. The van der Waals surface area contributed by atoms with Crippen molar-refractivity contribution in [3.8, 4) is 0 Å². The van der Waals surface area contributed by atoms with Gasteiger partial charge in [0.15, 0.2) is 5.78 Å². The van der Waals surface area contributed by atoms with E-state index in [0.717, 1.165) is 6.42 Å². The summed E-state index contributed by atoms with van der Waals surface area (Å²) >= 11 is 0. The van der Waals surface area contributed by atoms with Gasteiger partial charge in [0.05, 0.1) is 0 Å². The third kappa shape index (κ3) is 4.00. The average Bonchev–Trinajstić information content (AvgIpc) is 2.33. The van der Waals surface area contributed by atoms with Gasteiger partial charge in [0.25, 0.3) is 0 Å². The molecule has 0 aliphatic carbocycles. The Balaban J connectivity index is 2.68. The third-order valence-electron chi connectivity index (χ3n) is 2.94. The molecule has 0 fully saturated rings. The van der Waals surface area contributed by atoms with Crippen molar-refractivity contribution in [3.63, 3.8) is 0 Å². The molecule has 0 aromatic heterocycles. The van der Waals surface area contributed by atoms with Crippen molar-refractivity contribution in [2.24, 2.45) is 11.7 Å². The quantitative estimate of drug-likeness (QED) is 0.516. The standard InChI is InChI=1S/C13H20N2O3/c1-15-8-4-5-10(9-15)12(16)11(13(17)18)6-2-3-7-14/h4-5,8,11H,2-3,6-7,9,14H2,1H3,(H,17,18). The number of carboxylic acid groups (broad SMARTS) is 1. The van der Waals surface area contributed by atoms with Gasteiger partial charge in [-0.05, 0) is 31.7 Å². The maximum Gasteiger partial charge on any atom is 0.314 e. The van der Waals surface area contributed by atoms with E-state index in [0.29, 0.717) is 31.5 Å². The number of carbonyl (C=O) groups excluding carboxylic acids is 1. The number of likely N-dealkylation sites (N-methyl/N-ethyl adjacent to an activating group) is 1. The molecular formula is C13H20N2O3. The van der Waals surface area contributed by atoms with E-state index in [1.807, 2.05) is 18.1 Å². The fraction of sp³-hybridized carbons (Fsp3) is 0.538. The lowest BCUT2D eigenvalue weighted by Crippen LogP contribution is -2.30. The molecule has 0 aromatic carbocycles. The number of carboxylic acids is 1. The molecule has 1 rings (SSSR count). The van der Waals surface area contributed by atoms with Crippen LogP contribution in [0.25, 0.3) is 0 Å². The second kappa shape index (κ2) is 6.96. The minimum absolute atomic E-state index is 0.282. The molecule has 5 nitrogen and oxygen atoms in total. The molecule has 1 atom stereocenters. The largest absolute Gasteiger partial charge is 0.481 e. The van der Waals surface area contributed by atoms with Crippen molar-refractivity contribution in [2.45, 2.75) is 19.3 Å². The number of hydrogen-bond donors (Lipinski definition) is 2. The van der Waals surface area contributed by atoms with Crippen molar-refractivity contribution in [3.05, 3.63) is 23.9 Å². The van der Waals surface area contributed by atoms with Crippen LogP contribution in [0.4, 0.5) is 0 Å². The number of allylic oxidation sites excluding steroid dienone is 2. The van der Waals surface area contributed by atoms with Crippen molar-refractivity contribution in [1.29, 1.82) is 0 Å². The van der Waals surface area contributed by atoms with Gasteiger partial charge in [-0.15, -0.1) is 0 Å². The Morgan fingerprint density at radius 2 is 2.22 bits per heavy atom. The molecule has 1 unspecified atom stereocenters. The van der Waals surface area contributed by atoms with Crippen molar-refractivity contribution < 1.29 is 14.7 Å². The molecule has 0 aromatic rings. The van der Waals surface area contributed by atoms with Gasteiger partial charge in [-0.25, -0.2) is 0 Å². The number of rotatable bonds is 7. The van der Waals surface area contributed by atoms with Crippen LogP contribution in [0.15, 0.2) is 23.9 Å². The van der Waals surface area contributed by atoms with E-state index in [-0.39, 0.29) is 5.78 Å². The predicted molar refractivity (Wildman–Crippen MR) is 68.9 cm³/mol. The molecular weight excluding hydrogens is 232 g/mol. The molecule has 5 heteroatoms. The van der Waals surface area contributed by atoms with E-state index in [2.05, 4.69) is 0 Å². The van der Waals surface area contributed by atoms with Crippen LogP contribution in [0.1, 0.15) is 19.3 Å². The van der Waals surface area contributed by atoms with Crippen LogP contribution in [0, 0.1) is 5.92 Å². The summed E-state index contributed by atoms with van der Waals surface area (Å²) in [6, 6.07) is 0. The van der Waals surface area contributed by atoms with Crippen LogP contribution in [-0.2, 0) is 9.59 Å². The van der Waals surface area contributed by atoms with Gasteiger partial charge in [-0.1, -0.05) is 12.5 Å². The number of carbonyl (C=O) groups is 2. The van der Waals surface area contributed by atoms with Crippen molar-refractivity contribution >= 4 is 11.8 Å². The molecule has 0 bridgehead atoms. The van der Waals surface area contributed by atoms with Crippen LogP contribution in [0.2, 0.25) is 0 Å². The lowest BCUT2D eigenvalue weighted by Gasteiger charge is -2.21. The first-order valence-electron chi connectivity index (χ1n) is 6.11. The summed E-state index contributed by atoms with van der Waals surface area (Å²) in [6.45, 7) is 0.991. The van der Waals surface area contributed by atoms with E-state index in [1.165, 1.54) is 0 Å². The predicted octanol–water partition coefficient (Wildman–Crippen LogP) is 0.771. The molecule has 0 saturated heterocycles. The molecule has 1 aliphatic heterocycles. The Bertz CT molecular complexity index is 374. The molecule has 18 heavy (non-hydrogen) atoms. The fourth-order valence-electron chi connectivity index (χ4n) is 1.92. The monoisotopic (exact) mass is 252 g/mol. The highest BCUT2D eigenvalue weighted by molar-refractivity contribution is 6.08. The Labute approximate surface area is 107 Å².